The Labute approximate surface area is 230 Å². The highest BCUT2D eigenvalue weighted by atomic mass is 16.5. The lowest BCUT2D eigenvalue weighted by Crippen LogP contribution is -2.38. The van der Waals surface area contributed by atoms with E-state index in [0.717, 1.165) is 5.56 Å². The Morgan fingerprint density at radius 1 is 1.08 bits per heavy atom. The van der Waals surface area contributed by atoms with Gasteiger partial charge in [0.15, 0.2) is 17.3 Å². The van der Waals surface area contributed by atoms with Crippen molar-refractivity contribution >= 4 is 35.0 Å². The van der Waals surface area contributed by atoms with Gasteiger partial charge in [0.05, 0.1) is 19.3 Å². The summed E-state index contributed by atoms with van der Waals surface area (Å²) in [4.78, 5) is 50.8. The molecule has 0 fully saturated rings. The van der Waals surface area contributed by atoms with Crippen molar-refractivity contribution in [3.63, 3.8) is 0 Å². The van der Waals surface area contributed by atoms with Gasteiger partial charge in [-0.1, -0.05) is 13.0 Å². The zero-order valence-corrected chi connectivity index (χ0v) is 23.9. The van der Waals surface area contributed by atoms with Crippen LogP contribution < -0.4 is 26.0 Å². The lowest BCUT2D eigenvalue weighted by Gasteiger charge is -2.19. The van der Waals surface area contributed by atoms with Crippen LogP contribution in [0.4, 0.5) is 17.3 Å². The summed E-state index contributed by atoms with van der Waals surface area (Å²) >= 11 is 0. The number of methoxy groups -OCH3 is 1. The Morgan fingerprint density at radius 3 is 2.38 bits per heavy atom. The minimum Gasteiger partial charge on any atom is -0.497 e. The lowest BCUT2D eigenvalue weighted by atomic mass is 10.1. The number of amides is 3. The van der Waals surface area contributed by atoms with Crippen molar-refractivity contribution < 1.29 is 19.1 Å². The number of ether oxygens (including phenoxy) is 1. The number of nitrogens with two attached hydrogens (primary N) is 1. The number of aryl methyl sites for hydroxylation is 1. The summed E-state index contributed by atoms with van der Waals surface area (Å²) in [5.74, 6) is 0.269. The van der Waals surface area contributed by atoms with Gasteiger partial charge in [0.1, 0.15) is 5.75 Å². The molecule has 12 heteroatoms. The third kappa shape index (κ3) is 9.56. The molecule has 0 spiro atoms. The van der Waals surface area contributed by atoms with Crippen LogP contribution in [0.5, 0.6) is 5.75 Å². The minimum atomic E-state index is -0.688. The second-order valence-corrected chi connectivity index (χ2v) is 9.46. The molecule has 1 heterocycles. The second kappa shape index (κ2) is 14.7. The molecule has 0 bridgehead atoms. The topological polar surface area (TPSA) is 146 Å². The molecular weight excluding hydrogens is 500 g/mol. The first-order chi connectivity index (χ1) is 18.4. The van der Waals surface area contributed by atoms with Crippen LogP contribution in [0.3, 0.4) is 0 Å². The molecule has 0 aliphatic carbocycles. The molecular formula is C27H40N8O4. The van der Waals surface area contributed by atoms with E-state index in [9.17, 15) is 14.4 Å². The number of likely N-dealkylation sites (N-methyl/N-ethyl adjacent to an activating group) is 2. The largest absolute Gasteiger partial charge is 0.497 e. The highest BCUT2D eigenvalue weighted by molar-refractivity contribution is 5.96. The van der Waals surface area contributed by atoms with E-state index in [1.165, 1.54) is 11.0 Å². The lowest BCUT2D eigenvalue weighted by molar-refractivity contribution is -0.131. The number of carbonyl (C=O) groups excluding carboxylic acids is 3. The fraction of sp³-hybridized carbons (Fsp3) is 0.444. The van der Waals surface area contributed by atoms with E-state index >= 15 is 0 Å². The van der Waals surface area contributed by atoms with Crippen molar-refractivity contribution in [2.24, 2.45) is 5.73 Å². The molecule has 39 heavy (non-hydrogen) atoms. The maximum atomic E-state index is 12.4. The summed E-state index contributed by atoms with van der Waals surface area (Å²) in [6.07, 6.45) is 4.31. The smallest absolute Gasteiger partial charge is 0.271 e. The van der Waals surface area contributed by atoms with E-state index in [1.807, 2.05) is 57.0 Å². The Bertz CT molecular complexity index is 1200. The summed E-state index contributed by atoms with van der Waals surface area (Å²) < 4.78 is 5.45. The molecule has 1 aromatic heterocycles. The van der Waals surface area contributed by atoms with Gasteiger partial charge < -0.3 is 35.8 Å². The molecule has 0 radical (unpaired) electrons. The van der Waals surface area contributed by atoms with Gasteiger partial charge in [-0.05, 0) is 44.6 Å². The predicted molar refractivity (Wildman–Crippen MR) is 153 cm³/mol. The number of hydrogen-bond acceptors (Lipinski definition) is 9. The Hall–Kier alpha value is -4.19. The third-order valence-electron chi connectivity index (χ3n) is 5.63. The molecule has 0 unspecified atom stereocenters. The van der Waals surface area contributed by atoms with Crippen LogP contribution in [-0.2, 0) is 22.4 Å². The van der Waals surface area contributed by atoms with E-state index in [1.54, 1.807) is 26.3 Å². The van der Waals surface area contributed by atoms with Crippen molar-refractivity contribution in [2.75, 3.05) is 72.2 Å². The average molecular weight is 541 g/mol. The number of nitrogens with one attached hydrogen (secondary N) is 2. The van der Waals surface area contributed by atoms with Gasteiger partial charge in [-0.25, -0.2) is 9.97 Å². The van der Waals surface area contributed by atoms with E-state index in [-0.39, 0.29) is 29.9 Å². The van der Waals surface area contributed by atoms with E-state index in [0.29, 0.717) is 48.9 Å². The zero-order chi connectivity index (χ0) is 29.1. The van der Waals surface area contributed by atoms with E-state index in [4.69, 9.17) is 10.5 Å². The van der Waals surface area contributed by atoms with Crippen LogP contribution in [0.15, 0.2) is 30.4 Å². The fourth-order valence-electron chi connectivity index (χ4n) is 3.63. The van der Waals surface area contributed by atoms with Crippen molar-refractivity contribution in [2.45, 2.75) is 19.8 Å². The number of hydrogen-bond donors (Lipinski definition) is 3. The Balaban J connectivity index is 2.11. The first-order valence-corrected chi connectivity index (χ1v) is 12.6. The second-order valence-electron chi connectivity index (χ2n) is 9.46. The average Bonchev–Trinajstić information content (AvgIpc) is 2.87. The number of carbonyl (C=O) groups is 3. The molecule has 4 N–H and O–H groups in total. The normalized spacial score (nSPS) is 11.0. The molecule has 212 valence electrons. The summed E-state index contributed by atoms with van der Waals surface area (Å²) in [6, 6.07) is 5.49. The highest BCUT2D eigenvalue weighted by Gasteiger charge is 2.19. The highest BCUT2D eigenvalue weighted by Crippen LogP contribution is 2.27. The molecule has 0 aliphatic rings. The number of benzene rings is 1. The first kappa shape index (κ1) is 31.0. The summed E-state index contributed by atoms with van der Waals surface area (Å²) in [7, 11) is 10.7. The Morgan fingerprint density at radius 2 is 1.79 bits per heavy atom. The van der Waals surface area contributed by atoms with Crippen LogP contribution in [-0.4, -0.2) is 99.5 Å². The number of aromatic nitrogens is 2. The van der Waals surface area contributed by atoms with E-state index < -0.39 is 5.91 Å². The van der Waals surface area contributed by atoms with Gasteiger partial charge in [0, 0.05) is 52.1 Å². The molecule has 0 saturated carbocycles. The van der Waals surface area contributed by atoms with Gasteiger partial charge in [-0.15, -0.1) is 0 Å². The van der Waals surface area contributed by atoms with Crippen LogP contribution in [0.2, 0.25) is 0 Å². The first-order valence-electron chi connectivity index (χ1n) is 12.6. The van der Waals surface area contributed by atoms with Gasteiger partial charge in [-0.3, -0.25) is 14.4 Å². The monoisotopic (exact) mass is 540 g/mol. The van der Waals surface area contributed by atoms with Gasteiger partial charge in [-0.2, -0.15) is 0 Å². The van der Waals surface area contributed by atoms with Crippen molar-refractivity contribution in [1.29, 1.82) is 0 Å². The number of nitrogens with zero attached hydrogens (tertiary/aromatic N) is 5. The van der Waals surface area contributed by atoms with Crippen molar-refractivity contribution in [3.05, 3.63) is 47.3 Å². The van der Waals surface area contributed by atoms with Crippen LogP contribution >= 0.6 is 0 Å². The SMILES string of the molecule is CCc1nc(C(N)=O)c(Nc2cc(CCNC(=O)CN(C)C(=O)/C=C/CN(C)C)cc(OC)c2)nc1N(C)C. The van der Waals surface area contributed by atoms with Gasteiger partial charge in [0.25, 0.3) is 5.91 Å². The molecule has 0 aliphatic heterocycles. The van der Waals surface area contributed by atoms with E-state index in [2.05, 4.69) is 20.6 Å². The van der Waals surface area contributed by atoms with Crippen LogP contribution in [0.25, 0.3) is 0 Å². The molecule has 2 aromatic rings. The molecule has 12 nitrogen and oxygen atoms in total. The van der Waals surface area contributed by atoms with Gasteiger partial charge in [0.2, 0.25) is 11.8 Å². The molecule has 0 atom stereocenters. The molecule has 0 saturated heterocycles. The van der Waals surface area contributed by atoms with Crippen LogP contribution in [0, 0.1) is 0 Å². The zero-order valence-electron chi connectivity index (χ0n) is 23.9. The quantitative estimate of drug-likeness (QED) is 0.301. The third-order valence-corrected chi connectivity index (χ3v) is 5.63. The minimum absolute atomic E-state index is 0.0457. The summed E-state index contributed by atoms with van der Waals surface area (Å²) in [5, 5.41) is 5.99. The number of primary amides is 1. The standard InChI is InChI=1S/C27H40N8O4/c1-8-21-27(34(4)5)32-26(24(31-21)25(28)38)30-19-14-18(15-20(16-19)39-7)11-12-29-22(36)17-35(6)23(37)10-9-13-33(2)3/h9-10,14-16H,8,11-13,17H2,1-7H3,(H2,28,38)(H,29,36)(H,30,32)/b10-9+. The maximum absolute atomic E-state index is 12.4. The fourth-order valence-corrected chi connectivity index (χ4v) is 3.63. The predicted octanol–water partition coefficient (Wildman–Crippen LogP) is 1.19. The van der Waals surface area contributed by atoms with Crippen molar-refractivity contribution in [1.82, 2.24) is 25.1 Å². The molecule has 2 rings (SSSR count). The number of anilines is 3. The van der Waals surface area contributed by atoms with Crippen molar-refractivity contribution in [3.8, 4) is 5.75 Å². The summed E-state index contributed by atoms with van der Waals surface area (Å²) in [6.45, 7) is 2.88. The Kier molecular flexibility index (Phi) is 11.7. The maximum Gasteiger partial charge on any atom is 0.271 e. The summed E-state index contributed by atoms with van der Waals surface area (Å²) in [5.41, 5.74) is 7.80. The molecule has 1 aromatic carbocycles. The van der Waals surface area contributed by atoms with Crippen LogP contribution in [0.1, 0.15) is 28.7 Å². The molecule has 3 amide bonds. The van der Waals surface area contributed by atoms with Gasteiger partial charge >= 0.3 is 0 Å². The number of rotatable bonds is 14.